The minimum absolute atomic E-state index is 0.0935. The lowest BCUT2D eigenvalue weighted by atomic mass is 9.90. The van der Waals surface area contributed by atoms with Gasteiger partial charge in [-0.05, 0) is 68.7 Å². The van der Waals surface area contributed by atoms with Gasteiger partial charge in [0.15, 0.2) is 5.65 Å². The summed E-state index contributed by atoms with van der Waals surface area (Å²) in [5.41, 5.74) is 0.773. The number of carbonyl (C=O) groups is 1. The molecule has 9 nitrogen and oxygen atoms in total. The van der Waals surface area contributed by atoms with Crippen molar-refractivity contribution in [2.24, 2.45) is 0 Å². The van der Waals surface area contributed by atoms with Gasteiger partial charge in [0.25, 0.3) is 11.5 Å². The summed E-state index contributed by atoms with van der Waals surface area (Å²) in [6.07, 6.45) is 2.17. The Hall–Kier alpha value is -3.98. The molecular formula is C26H27N5O4. The van der Waals surface area contributed by atoms with Crippen LogP contribution in [0.1, 0.15) is 34.6 Å². The Labute approximate surface area is 202 Å². The largest absolute Gasteiger partial charge is 0.457 e. The van der Waals surface area contributed by atoms with Crippen LogP contribution in [0.2, 0.25) is 0 Å². The topological polar surface area (TPSA) is 113 Å². The minimum Gasteiger partial charge on any atom is -0.457 e. The summed E-state index contributed by atoms with van der Waals surface area (Å²) in [6, 6.07) is 14.8. The number of amides is 1. The number of nitrogens with one attached hydrogen (secondary N) is 1. The summed E-state index contributed by atoms with van der Waals surface area (Å²) in [6.45, 7) is 4.65. The molecule has 2 aromatic heterocycles. The van der Waals surface area contributed by atoms with E-state index in [-0.39, 0.29) is 18.0 Å². The third-order valence-electron chi connectivity index (χ3n) is 6.52. The molecule has 0 saturated carbocycles. The summed E-state index contributed by atoms with van der Waals surface area (Å²) in [5.74, 6) is 1.82. The number of hydrogen-bond donors (Lipinski definition) is 2. The summed E-state index contributed by atoms with van der Waals surface area (Å²) in [5, 5.41) is 18.2. The van der Waals surface area contributed by atoms with Gasteiger partial charge in [-0.2, -0.15) is 5.10 Å². The standard InChI is InChI=1S/C26H27N5O4/c1-17-4-3-5-21(14-17)35-20-8-6-19(7-9-20)24(32)30-12-10-26(34,11-13-30)16-31-18(2)28-23-22(25(31)33)15-27-29-23/h3-9,14-15,34H,10-13,16H2,1-2H3,(H,27,29). The van der Waals surface area contributed by atoms with E-state index in [4.69, 9.17) is 4.74 Å². The lowest BCUT2D eigenvalue weighted by Gasteiger charge is -2.38. The second-order valence-electron chi connectivity index (χ2n) is 9.14. The number of piperidine rings is 1. The van der Waals surface area contributed by atoms with Gasteiger partial charge in [0.2, 0.25) is 0 Å². The van der Waals surface area contributed by atoms with Gasteiger partial charge in [-0.25, -0.2) is 4.98 Å². The third kappa shape index (κ3) is 4.67. The zero-order chi connectivity index (χ0) is 24.6. The molecule has 0 bridgehead atoms. The van der Waals surface area contributed by atoms with E-state index in [1.54, 1.807) is 36.1 Å². The molecule has 180 valence electrons. The average molecular weight is 474 g/mol. The SMILES string of the molecule is Cc1cccc(Oc2ccc(C(=O)N3CCC(O)(Cn4c(C)nc5[nH]ncc5c4=O)CC3)cc2)c1. The number of aromatic amines is 1. The molecule has 1 aliphatic rings. The van der Waals surface area contributed by atoms with Crippen LogP contribution in [0.25, 0.3) is 11.0 Å². The fourth-order valence-corrected chi connectivity index (χ4v) is 4.46. The van der Waals surface area contributed by atoms with Crippen LogP contribution in [0.15, 0.2) is 59.5 Å². The predicted molar refractivity (Wildman–Crippen MR) is 131 cm³/mol. The van der Waals surface area contributed by atoms with E-state index in [1.807, 2.05) is 31.2 Å². The van der Waals surface area contributed by atoms with Gasteiger partial charge >= 0.3 is 0 Å². The van der Waals surface area contributed by atoms with Crippen molar-refractivity contribution in [3.05, 3.63) is 82.0 Å². The molecule has 4 aromatic rings. The molecule has 2 N–H and O–H groups in total. The molecule has 1 saturated heterocycles. The van der Waals surface area contributed by atoms with Gasteiger partial charge in [0.05, 0.1) is 18.3 Å². The highest BCUT2D eigenvalue weighted by molar-refractivity contribution is 5.94. The van der Waals surface area contributed by atoms with E-state index >= 15 is 0 Å². The van der Waals surface area contributed by atoms with E-state index in [9.17, 15) is 14.7 Å². The molecule has 0 radical (unpaired) electrons. The molecule has 3 heterocycles. The summed E-state index contributed by atoms with van der Waals surface area (Å²) in [7, 11) is 0. The fraction of sp³-hybridized carbons (Fsp3) is 0.308. The Kier molecular flexibility index (Phi) is 5.86. The van der Waals surface area contributed by atoms with Crippen molar-refractivity contribution in [3.8, 4) is 11.5 Å². The number of H-pyrrole nitrogens is 1. The number of fused-ring (bicyclic) bond motifs is 1. The Morgan fingerprint density at radius 2 is 1.86 bits per heavy atom. The molecular weight excluding hydrogens is 446 g/mol. The first kappa shape index (κ1) is 22.8. The minimum atomic E-state index is -1.10. The van der Waals surface area contributed by atoms with E-state index < -0.39 is 5.60 Å². The van der Waals surface area contributed by atoms with Crippen molar-refractivity contribution < 1.29 is 14.6 Å². The Balaban J connectivity index is 1.23. The highest BCUT2D eigenvalue weighted by atomic mass is 16.5. The first-order valence-corrected chi connectivity index (χ1v) is 11.6. The van der Waals surface area contributed by atoms with Gasteiger partial charge in [0, 0.05) is 18.7 Å². The molecule has 0 unspecified atom stereocenters. The van der Waals surface area contributed by atoms with Crippen LogP contribution in [0.3, 0.4) is 0 Å². The third-order valence-corrected chi connectivity index (χ3v) is 6.52. The zero-order valence-corrected chi connectivity index (χ0v) is 19.7. The van der Waals surface area contributed by atoms with Crippen molar-refractivity contribution >= 4 is 16.9 Å². The first-order valence-electron chi connectivity index (χ1n) is 11.6. The number of carbonyl (C=O) groups excluding carboxylic acids is 1. The van der Waals surface area contributed by atoms with Crippen molar-refractivity contribution in [1.82, 2.24) is 24.6 Å². The molecule has 1 fully saturated rings. The fourth-order valence-electron chi connectivity index (χ4n) is 4.46. The summed E-state index contributed by atoms with van der Waals surface area (Å²) < 4.78 is 7.36. The highest BCUT2D eigenvalue weighted by Crippen LogP contribution is 2.27. The van der Waals surface area contributed by atoms with Gasteiger partial charge < -0.3 is 14.7 Å². The molecule has 35 heavy (non-hydrogen) atoms. The van der Waals surface area contributed by atoms with E-state index in [0.717, 1.165) is 11.3 Å². The molecule has 1 aliphatic heterocycles. The van der Waals surface area contributed by atoms with E-state index in [2.05, 4.69) is 15.2 Å². The number of aryl methyl sites for hydroxylation is 2. The number of likely N-dealkylation sites (tertiary alicyclic amines) is 1. The molecule has 9 heteroatoms. The van der Waals surface area contributed by atoms with E-state index in [0.29, 0.717) is 54.1 Å². The maximum absolute atomic E-state index is 13.0. The van der Waals surface area contributed by atoms with Gasteiger partial charge in [-0.3, -0.25) is 19.3 Å². The zero-order valence-electron chi connectivity index (χ0n) is 19.7. The highest BCUT2D eigenvalue weighted by Gasteiger charge is 2.35. The molecule has 2 aromatic carbocycles. The van der Waals surface area contributed by atoms with Crippen molar-refractivity contribution in [2.45, 2.75) is 38.8 Å². The number of rotatable bonds is 5. The number of ether oxygens (including phenoxy) is 1. The quantitative estimate of drug-likeness (QED) is 0.460. The number of aliphatic hydroxyl groups is 1. The normalized spacial score (nSPS) is 15.3. The maximum Gasteiger partial charge on any atom is 0.264 e. The Morgan fingerprint density at radius 3 is 2.57 bits per heavy atom. The lowest BCUT2D eigenvalue weighted by Crippen LogP contribution is -2.50. The van der Waals surface area contributed by atoms with Crippen molar-refractivity contribution in [2.75, 3.05) is 13.1 Å². The molecule has 0 atom stereocenters. The van der Waals surface area contributed by atoms with Crippen molar-refractivity contribution in [3.63, 3.8) is 0 Å². The number of hydrogen-bond acceptors (Lipinski definition) is 6. The lowest BCUT2D eigenvalue weighted by molar-refractivity contribution is -0.0303. The smallest absolute Gasteiger partial charge is 0.264 e. The van der Waals surface area contributed by atoms with Crippen LogP contribution in [-0.4, -0.2) is 54.4 Å². The van der Waals surface area contributed by atoms with Gasteiger partial charge in [-0.15, -0.1) is 0 Å². The van der Waals surface area contributed by atoms with Crippen LogP contribution in [-0.2, 0) is 6.54 Å². The predicted octanol–water partition coefficient (Wildman–Crippen LogP) is 3.20. The van der Waals surface area contributed by atoms with Crippen LogP contribution < -0.4 is 10.3 Å². The van der Waals surface area contributed by atoms with Crippen LogP contribution in [0.5, 0.6) is 11.5 Å². The second-order valence-corrected chi connectivity index (χ2v) is 9.14. The van der Waals surface area contributed by atoms with Gasteiger partial charge in [0.1, 0.15) is 22.7 Å². The maximum atomic E-state index is 13.0. The van der Waals surface area contributed by atoms with Gasteiger partial charge in [-0.1, -0.05) is 12.1 Å². The first-order chi connectivity index (χ1) is 16.8. The molecule has 0 spiro atoms. The number of benzene rings is 2. The number of nitrogens with zero attached hydrogens (tertiary/aromatic N) is 4. The summed E-state index contributed by atoms with van der Waals surface area (Å²) >= 11 is 0. The van der Waals surface area contributed by atoms with Crippen LogP contribution >= 0.6 is 0 Å². The summed E-state index contributed by atoms with van der Waals surface area (Å²) in [4.78, 5) is 32.0. The molecule has 1 amide bonds. The van der Waals surface area contributed by atoms with E-state index in [1.165, 1.54) is 10.8 Å². The molecule has 5 rings (SSSR count). The van der Waals surface area contributed by atoms with Crippen molar-refractivity contribution in [1.29, 1.82) is 0 Å². The van der Waals surface area contributed by atoms with Crippen LogP contribution in [0.4, 0.5) is 0 Å². The Morgan fingerprint density at radius 1 is 1.11 bits per heavy atom. The van der Waals surface area contributed by atoms with Crippen LogP contribution in [0, 0.1) is 13.8 Å². The average Bonchev–Trinajstić information content (AvgIpc) is 3.31. The molecule has 0 aliphatic carbocycles. The number of aromatic nitrogens is 4. The monoisotopic (exact) mass is 473 g/mol. The Bertz CT molecular complexity index is 1430. The second kappa shape index (κ2) is 8.99.